The molecule has 0 fully saturated rings. The first-order valence-electron chi connectivity index (χ1n) is 8.68. The fourth-order valence-electron chi connectivity index (χ4n) is 2.95. The van der Waals surface area contributed by atoms with Crippen molar-refractivity contribution in [1.29, 1.82) is 0 Å². The van der Waals surface area contributed by atoms with Crippen molar-refractivity contribution in [3.05, 3.63) is 0 Å². The predicted octanol–water partition coefficient (Wildman–Crippen LogP) is 4.36. The molecule has 4 nitrogen and oxygen atoms in total. The van der Waals surface area contributed by atoms with Crippen LogP contribution in [0.15, 0.2) is 0 Å². The minimum Gasteiger partial charge on any atom is -0.801 e. The van der Waals surface area contributed by atoms with E-state index in [1.165, 1.54) is 0 Å². The van der Waals surface area contributed by atoms with Crippen LogP contribution in [0.2, 0.25) is 0 Å². The summed E-state index contributed by atoms with van der Waals surface area (Å²) in [5.41, 5.74) is 0. The van der Waals surface area contributed by atoms with Gasteiger partial charge in [-0.15, -0.1) is 0 Å². The van der Waals surface area contributed by atoms with Crippen molar-refractivity contribution >= 4 is 16.1 Å². The average molecular weight is 420 g/mol. The standard InChI is InChI=1S/2C8H19O2P.Zn/c2*1-4-7-8(5-2,6-3)11(9)10;/h2*11H,4-7H2,1-3H3,(H,9,10);/q;;+2/p-2. The van der Waals surface area contributed by atoms with E-state index in [1.807, 2.05) is 41.5 Å². The quantitative estimate of drug-likeness (QED) is 0.389. The normalized spacial score (nSPS) is 14.3. The first-order chi connectivity index (χ1) is 10.3. The van der Waals surface area contributed by atoms with Crippen molar-refractivity contribution in [2.75, 3.05) is 0 Å². The van der Waals surface area contributed by atoms with Crippen LogP contribution < -0.4 is 9.79 Å². The van der Waals surface area contributed by atoms with Crippen LogP contribution in [-0.2, 0) is 28.6 Å². The maximum absolute atomic E-state index is 10.9. The van der Waals surface area contributed by atoms with E-state index in [9.17, 15) is 18.9 Å². The van der Waals surface area contributed by atoms with E-state index < -0.39 is 16.1 Å². The van der Waals surface area contributed by atoms with Crippen LogP contribution >= 0.6 is 16.1 Å². The van der Waals surface area contributed by atoms with Gasteiger partial charge in [0.15, 0.2) is 0 Å². The Morgan fingerprint density at radius 1 is 0.652 bits per heavy atom. The van der Waals surface area contributed by atoms with Crippen molar-refractivity contribution in [2.45, 2.75) is 103 Å². The molecule has 0 N–H and O–H groups in total. The summed E-state index contributed by atoms with van der Waals surface area (Å²) >= 11 is 0. The number of hydrogen-bond donors (Lipinski definition) is 0. The molecular formula is C16H36O4P2Zn. The summed E-state index contributed by atoms with van der Waals surface area (Å²) < 4.78 is 21.9. The molecule has 0 aromatic heterocycles. The molecule has 0 aliphatic heterocycles. The molecule has 23 heavy (non-hydrogen) atoms. The molecule has 7 heteroatoms. The van der Waals surface area contributed by atoms with Crippen LogP contribution in [-0.4, -0.2) is 10.3 Å². The molecule has 136 valence electrons. The molecule has 2 atom stereocenters. The maximum Gasteiger partial charge on any atom is 2.00 e. The van der Waals surface area contributed by atoms with Crippen LogP contribution in [0, 0.1) is 0 Å². The fraction of sp³-hybridized carbons (Fsp3) is 1.00. The fourth-order valence-corrected chi connectivity index (χ4v) is 5.01. The summed E-state index contributed by atoms with van der Waals surface area (Å²) in [7, 11) is -5.19. The topological polar surface area (TPSA) is 80.3 Å². The maximum atomic E-state index is 10.9. The Morgan fingerprint density at radius 3 is 0.913 bits per heavy atom. The van der Waals surface area contributed by atoms with Gasteiger partial charge in [-0.3, -0.25) is 0 Å². The summed E-state index contributed by atoms with van der Waals surface area (Å²) in [6.07, 6.45) is 6.61. The molecule has 0 radical (unpaired) electrons. The first kappa shape index (κ1) is 28.8. The van der Waals surface area contributed by atoms with Crippen molar-refractivity contribution < 1.29 is 38.4 Å². The van der Waals surface area contributed by atoms with E-state index in [0.29, 0.717) is 0 Å². The number of hydrogen-bond acceptors (Lipinski definition) is 4. The molecule has 2 unspecified atom stereocenters. The van der Waals surface area contributed by atoms with Crippen LogP contribution in [0.3, 0.4) is 0 Å². The molecule has 0 bridgehead atoms. The number of rotatable bonds is 10. The van der Waals surface area contributed by atoms with E-state index in [0.717, 1.165) is 51.4 Å². The zero-order chi connectivity index (χ0) is 17.8. The Balaban J connectivity index is -0.000000333. The molecule has 0 rings (SSSR count). The Morgan fingerprint density at radius 2 is 0.870 bits per heavy atom. The van der Waals surface area contributed by atoms with E-state index in [1.54, 1.807) is 0 Å². The second-order valence-electron chi connectivity index (χ2n) is 6.05. The zero-order valence-electron chi connectivity index (χ0n) is 16.0. The first-order valence-corrected chi connectivity index (χ1v) is 11.3. The van der Waals surface area contributed by atoms with Crippen molar-refractivity contribution in [3.8, 4) is 0 Å². The van der Waals surface area contributed by atoms with Crippen LogP contribution in [0.5, 0.6) is 0 Å². The molecule has 0 aliphatic rings. The third-order valence-corrected chi connectivity index (χ3v) is 8.68. The smallest absolute Gasteiger partial charge is 0.801 e. The van der Waals surface area contributed by atoms with Crippen LogP contribution in [0.1, 0.15) is 92.9 Å². The molecule has 0 heterocycles. The van der Waals surface area contributed by atoms with Gasteiger partial charge in [-0.05, 0) is 38.5 Å². The van der Waals surface area contributed by atoms with Gasteiger partial charge in [0, 0.05) is 26.4 Å². The van der Waals surface area contributed by atoms with Gasteiger partial charge in [-0.25, -0.2) is 0 Å². The average Bonchev–Trinajstić information content (AvgIpc) is 2.50. The molecular weight excluding hydrogens is 384 g/mol. The Labute approximate surface area is 157 Å². The van der Waals surface area contributed by atoms with Crippen LogP contribution in [0.25, 0.3) is 0 Å². The van der Waals surface area contributed by atoms with Gasteiger partial charge in [0.2, 0.25) is 0 Å². The second kappa shape index (κ2) is 15.3. The van der Waals surface area contributed by atoms with E-state index in [4.69, 9.17) is 0 Å². The van der Waals surface area contributed by atoms with Gasteiger partial charge < -0.3 is 18.9 Å². The molecule has 0 aromatic carbocycles. The predicted molar refractivity (Wildman–Crippen MR) is 94.4 cm³/mol. The van der Waals surface area contributed by atoms with Gasteiger partial charge in [-0.1, -0.05) is 54.4 Å². The SMILES string of the molecule is CCCC(CC)(CC)[PH](=O)[O-].CCCC(CC)(CC)[PH](=O)[O-].[Zn+2]. The molecule has 0 saturated carbocycles. The van der Waals surface area contributed by atoms with Gasteiger partial charge in [0.05, 0.1) is 0 Å². The minimum atomic E-state index is -2.60. The Bertz CT molecular complexity index is 298. The molecule has 0 amide bonds. The van der Waals surface area contributed by atoms with E-state index in [2.05, 4.69) is 0 Å². The second-order valence-corrected chi connectivity index (χ2v) is 9.32. The summed E-state index contributed by atoms with van der Waals surface area (Å²) in [5, 5.41) is -0.751. The third-order valence-electron chi connectivity index (χ3n) is 5.03. The van der Waals surface area contributed by atoms with Crippen molar-refractivity contribution in [2.24, 2.45) is 0 Å². The summed E-state index contributed by atoms with van der Waals surface area (Å²) in [6.45, 7) is 11.9. The Kier molecular flexibility index (Phi) is 19.1. The van der Waals surface area contributed by atoms with Crippen molar-refractivity contribution in [3.63, 3.8) is 0 Å². The van der Waals surface area contributed by atoms with Gasteiger partial charge in [0.25, 0.3) is 0 Å². The molecule has 0 saturated heterocycles. The van der Waals surface area contributed by atoms with E-state index >= 15 is 0 Å². The zero-order valence-corrected chi connectivity index (χ0v) is 21.0. The van der Waals surface area contributed by atoms with Crippen molar-refractivity contribution in [1.82, 2.24) is 0 Å². The van der Waals surface area contributed by atoms with Gasteiger partial charge in [0.1, 0.15) is 0 Å². The molecule has 0 aromatic rings. The molecule has 0 spiro atoms. The van der Waals surface area contributed by atoms with Gasteiger partial charge in [-0.2, -0.15) is 0 Å². The van der Waals surface area contributed by atoms with Crippen LogP contribution in [0.4, 0.5) is 0 Å². The third kappa shape index (κ3) is 9.32. The summed E-state index contributed by atoms with van der Waals surface area (Å²) in [5.74, 6) is 0. The molecule has 0 aliphatic carbocycles. The van der Waals surface area contributed by atoms with E-state index in [-0.39, 0.29) is 29.8 Å². The largest absolute Gasteiger partial charge is 2.00 e. The summed E-state index contributed by atoms with van der Waals surface area (Å²) in [4.78, 5) is 21.9. The minimum absolute atomic E-state index is 0. The monoisotopic (exact) mass is 418 g/mol. The Hall–Kier alpha value is 1.00. The summed E-state index contributed by atoms with van der Waals surface area (Å²) in [6, 6.07) is 0. The van der Waals surface area contributed by atoms with Gasteiger partial charge >= 0.3 is 19.5 Å².